The Morgan fingerprint density at radius 3 is 2.44 bits per heavy atom. The first-order valence-corrected chi connectivity index (χ1v) is 7.04. The SMILES string of the molecule is CCCC/C(=C1/CCCC1=O)c1ccc(C)cc1. The van der Waals surface area contributed by atoms with E-state index in [-0.39, 0.29) is 0 Å². The fourth-order valence-corrected chi connectivity index (χ4v) is 2.61. The Kier molecular flexibility index (Phi) is 4.35. The molecular weight excluding hydrogens is 220 g/mol. The summed E-state index contributed by atoms with van der Waals surface area (Å²) in [4.78, 5) is 12.0. The van der Waals surface area contributed by atoms with Crippen molar-refractivity contribution in [2.45, 2.75) is 52.4 Å². The highest BCUT2D eigenvalue weighted by Crippen LogP contribution is 2.32. The van der Waals surface area contributed by atoms with Crippen molar-refractivity contribution in [3.63, 3.8) is 0 Å². The number of carbonyl (C=O) groups excluding carboxylic acids is 1. The second-order valence-corrected chi connectivity index (χ2v) is 5.20. The zero-order chi connectivity index (χ0) is 13.0. The number of unbranched alkanes of at least 4 members (excludes halogenated alkanes) is 1. The molecule has 0 atom stereocenters. The lowest BCUT2D eigenvalue weighted by Gasteiger charge is -2.11. The minimum absolute atomic E-state index is 0.377. The first kappa shape index (κ1) is 13.1. The van der Waals surface area contributed by atoms with Crippen molar-refractivity contribution in [1.29, 1.82) is 0 Å². The normalized spacial score (nSPS) is 18.2. The molecule has 0 heterocycles. The van der Waals surface area contributed by atoms with Crippen LogP contribution in [-0.4, -0.2) is 5.78 Å². The number of hydrogen-bond acceptors (Lipinski definition) is 1. The summed E-state index contributed by atoms with van der Waals surface area (Å²) in [6.45, 7) is 4.30. The Bertz CT molecular complexity index is 451. The van der Waals surface area contributed by atoms with Crippen molar-refractivity contribution in [2.24, 2.45) is 0 Å². The molecule has 0 bridgehead atoms. The van der Waals surface area contributed by atoms with Crippen molar-refractivity contribution in [2.75, 3.05) is 0 Å². The lowest BCUT2D eigenvalue weighted by Crippen LogP contribution is -1.98. The van der Waals surface area contributed by atoms with Crippen LogP contribution in [0.15, 0.2) is 29.8 Å². The van der Waals surface area contributed by atoms with E-state index in [0.29, 0.717) is 5.78 Å². The Labute approximate surface area is 110 Å². The topological polar surface area (TPSA) is 17.1 Å². The first-order valence-electron chi connectivity index (χ1n) is 7.04. The zero-order valence-corrected chi connectivity index (χ0v) is 11.5. The van der Waals surface area contributed by atoms with Crippen LogP contribution in [0.25, 0.3) is 5.57 Å². The van der Waals surface area contributed by atoms with Gasteiger partial charge in [-0.15, -0.1) is 0 Å². The number of benzene rings is 1. The van der Waals surface area contributed by atoms with Crippen LogP contribution in [0.4, 0.5) is 0 Å². The maximum absolute atomic E-state index is 12.0. The van der Waals surface area contributed by atoms with Crippen LogP contribution in [0.3, 0.4) is 0 Å². The van der Waals surface area contributed by atoms with Gasteiger partial charge in [-0.1, -0.05) is 43.2 Å². The summed E-state index contributed by atoms with van der Waals surface area (Å²) in [7, 11) is 0. The third-order valence-electron chi connectivity index (χ3n) is 3.71. The molecule has 0 amide bonds. The third kappa shape index (κ3) is 2.90. The highest BCUT2D eigenvalue weighted by atomic mass is 16.1. The molecule has 1 saturated carbocycles. The summed E-state index contributed by atoms with van der Waals surface area (Å²) in [5.74, 6) is 0.377. The summed E-state index contributed by atoms with van der Waals surface area (Å²) < 4.78 is 0. The molecule has 0 unspecified atom stereocenters. The number of Topliss-reactive ketones (excluding diaryl/α,β-unsaturated/α-hetero) is 1. The van der Waals surface area contributed by atoms with E-state index >= 15 is 0 Å². The average molecular weight is 242 g/mol. The largest absolute Gasteiger partial charge is 0.295 e. The predicted molar refractivity (Wildman–Crippen MR) is 76.5 cm³/mol. The van der Waals surface area contributed by atoms with Gasteiger partial charge in [0.1, 0.15) is 0 Å². The van der Waals surface area contributed by atoms with Gasteiger partial charge >= 0.3 is 0 Å². The lowest BCUT2D eigenvalue weighted by atomic mass is 9.93. The van der Waals surface area contributed by atoms with E-state index in [2.05, 4.69) is 38.1 Å². The van der Waals surface area contributed by atoms with Crippen molar-refractivity contribution >= 4 is 11.4 Å². The monoisotopic (exact) mass is 242 g/mol. The first-order chi connectivity index (χ1) is 8.72. The smallest absolute Gasteiger partial charge is 0.159 e. The van der Waals surface area contributed by atoms with Crippen LogP contribution in [0.1, 0.15) is 56.6 Å². The molecule has 1 fully saturated rings. The Balaban J connectivity index is 2.36. The minimum Gasteiger partial charge on any atom is -0.295 e. The number of carbonyl (C=O) groups is 1. The molecule has 18 heavy (non-hydrogen) atoms. The number of aryl methyl sites for hydroxylation is 1. The van der Waals surface area contributed by atoms with E-state index in [9.17, 15) is 4.79 Å². The third-order valence-corrected chi connectivity index (χ3v) is 3.71. The van der Waals surface area contributed by atoms with Crippen LogP contribution >= 0.6 is 0 Å². The lowest BCUT2D eigenvalue weighted by molar-refractivity contribution is -0.114. The standard InChI is InChI=1S/C17H22O/c1-3-4-6-15(16-7-5-8-17(16)18)14-11-9-13(2)10-12-14/h9-12H,3-8H2,1-2H3/b16-15+. The van der Waals surface area contributed by atoms with Crippen LogP contribution in [0.2, 0.25) is 0 Å². The molecule has 0 spiro atoms. The number of rotatable bonds is 4. The van der Waals surface area contributed by atoms with E-state index in [1.165, 1.54) is 29.5 Å². The van der Waals surface area contributed by atoms with Gasteiger partial charge in [0, 0.05) is 6.42 Å². The van der Waals surface area contributed by atoms with Gasteiger partial charge in [0.15, 0.2) is 5.78 Å². The molecule has 0 aliphatic heterocycles. The van der Waals surface area contributed by atoms with E-state index in [4.69, 9.17) is 0 Å². The molecule has 96 valence electrons. The molecule has 0 N–H and O–H groups in total. The van der Waals surface area contributed by atoms with E-state index in [0.717, 1.165) is 31.3 Å². The molecule has 0 radical (unpaired) electrons. The fourth-order valence-electron chi connectivity index (χ4n) is 2.61. The molecule has 1 heteroatoms. The van der Waals surface area contributed by atoms with Gasteiger partial charge in [-0.25, -0.2) is 0 Å². The summed E-state index contributed by atoms with van der Waals surface area (Å²) >= 11 is 0. The molecule has 1 aliphatic rings. The number of ketones is 1. The van der Waals surface area contributed by atoms with Crippen LogP contribution < -0.4 is 0 Å². The van der Waals surface area contributed by atoms with Crippen LogP contribution in [0, 0.1) is 6.92 Å². The molecule has 2 rings (SSSR count). The van der Waals surface area contributed by atoms with Gasteiger partial charge in [0.25, 0.3) is 0 Å². The minimum atomic E-state index is 0.377. The fraction of sp³-hybridized carbons (Fsp3) is 0.471. The van der Waals surface area contributed by atoms with Gasteiger partial charge in [-0.2, -0.15) is 0 Å². The Hall–Kier alpha value is -1.37. The molecule has 0 saturated heterocycles. The number of hydrogen-bond donors (Lipinski definition) is 0. The van der Waals surface area contributed by atoms with Gasteiger partial charge in [0.05, 0.1) is 0 Å². The van der Waals surface area contributed by atoms with Crippen LogP contribution in [0.5, 0.6) is 0 Å². The van der Waals surface area contributed by atoms with Crippen molar-refractivity contribution in [1.82, 2.24) is 0 Å². The summed E-state index contributed by atoms with van der Waals surface area (Å²) in [6, 6.07) is 8.61. The summed E-state index contributed by atoms with van der Waals surface area (Å²) in [5.41, 5.74) is 4.93. The quantitative estimate of drug-likeness (QED) is 0.700. The van der Waals surface area contributed by atoms with Crippen LogP contribution in [-0.2, 0) is 4.79 Å². The van der Waals surface area contributed by atoms with Gasteiger partial charge in [-0.3, -0.25) is 4.79 Å². The average Bonchev–Trinajstić information content (AvgIpc) is 2.78. The Morgan fingerprint density at radius 2 is 1.89 bits per heavy atom. The van der Waals surface area contributed by atoms with Gasteiger partial charge in [0.2, 0.25) is 0 Å². The summed E-state index contributed by atoms with van der Waals surface area (Å²) in [6.07, 6.45) is 6.15. The predicted octanol–water partition coefficient (Wildman–Crippen LogP) is 4.69. The van der Waals surface area contributed by atoms with E-state index in [1.54, 1.807) is 0 Å². The highest BCUT2D eigenvalue weighted by Gasteiger charge is 2.21. The molecule has 1 aliphatic carbocycles. The zero-order valence-electron chi connectivity index (χ0n) is 11.5. The summed E-state index contributed by atoms with van der Waals surface area (Å²) in [5, 5.41) is 0. The van der Waals surface area contributed by atoms with Crippen molar-refractivity contribution in [3.05, 3.63) is 41.0 Å². The number of allylic oxidation sites excluding steroid dienone is 2. The molecule has 1 aromatic rings. The second-order valence-electron chi connectivity index (χ2n) is 5.20. The van der Waals surface area contributed by atoms with E-state index in [1.807, 2.05) is 0 Å². The van der Waals surface area contributed by atoms with Gasteiger partial charge in [-0.05, 0) is 49.3 Å². The molecule has 0 aromatic heterocycles. The maximum Gasteiger partial charge on any atom is 0.159 e. The highest BCUT2D eigenvalue weighted by molar-refractivity contribution is 6.04. The Morgan fingerprint density at radius 1 is 1.17 bits per heavy atom. The molecular formula is C17H22O. The van der Waals surface area contributed by atoms with E-state index < -0.39 is 0 Å². The molecule has 1 nitrogen and oxygen atoms in total. The van der Waals surface area contributed by atoms with Crippen molar-refractivity contribution < 1.29 is 4.79 Å². The van der Waals surface area contributed by atoms with Crippen molar-refractivity contribution in [3.8, 4) is 0 Å². The second kappa shape index (κ2) is 5.99. The maximum atomic E-state index is 12.0. The molecule has 1 aromatic carbocycles. The van der Waals surface area contributed by atoms with Gasteiger partial charge < -0.3 is 0 Å².